The van der Waals surface area contributed by atoms with E-state index in [0.29, 0.717) is 0 Å². The summed E-state index contributed by atoms with van der Waals surface area (Å²) in [5.74, 6) is 0.374. The largest absolute Gasteiger partial charge is 0.435 e. The first-order valence-corrected chi connectivity index (χ1v) is 5.56. The lowest BCUT2D eigenvalue weighted by molar-refractivity contribution is -0.0498. The topological polar surface area (TPSA) is 55.5 Å². The van der Waals surface area contributed by atoms with Crippen LogP contribution in [0.25, 0.3) is 0 Å². The Kier molecular flexibility index (Phi) is 5.31. The molecule has 18 heavy (non-hydrogen) atoms. The fraction of sp³-hybridized carbons (Fsp3) is 0.500. The van der Waals surface area contributed by atoms with Gasteiger partial charge in [-0.05, 0) is 36.5 Å². The minimum Gasteiger partial charge on any atom is -0.435 e. The molecule has 0 unspecified atom stereocenters. The monoisotopic (exact) mass is 279 g/mol. The third kappa shape index (κ3) is 3.80. The molecule has 0 radical (unpaired) electrons. The van der Waals surface area contributed by atoms with E-state index in [1.54, 1.807) is 12.1 Å². The van der Waals surface area contributed by atoms with Crippen molar-refractivity contribution in [2.45, 2.75) is 31.6 Å². The number of nitrogens with two attached hydrogens (primary N) is 1. The summed E-state index contributed by atoms with van der Waals surface area (Å²) in [6.07, 6.45) is 1.44. The molecule has 3 N–H and O–H groups in total. The normalized spacial score (nSPS) is 18.1. The van der Waals surface area contributed by atoms with Crippen molar-refractivity contribution in [2.24, 2.45) is 11.7 Å². The molecular formula is C12H16ClF2NO2. The number of hydrogen-bond donors (Lipinski definition) is 2. The van der Waals surface area contributed by atoms with E-state index in [2.05, 4.69) is 4.74 Å². The van der Waals surface area contributed by atoms with Gasteiger partial charge < -0.3 is 15.6 Å². The SMILES string of the molecule is Cl.N[C@H](c1ccc(OC(F)F)cc1)[C@@H](O)C1CC1. The van der Waals surface area contributed by atoms with Crippen LogP contribution in [0.3, 0.4) is 0 Å². The average Bonchev–Trinajstić information content (AvgIpc) is 3.11. The van der Waals surface area contributed by atoms with Gasteiger partial charge in [-0.1, -0.05) is 12.1 Å². The predicted molar refractivity (Wildman–Crippen MR) is 66.0 cm³/mol. The summed E-state index contributed by atoms with van der Waals surface area (Å²) in [7, 11) is 0. The third-order valence-corrected chi connectivity index (χ3v) is 2.96. The minimum atomic E-state index is -2.83. The quantitative estimate of drug-likeness (QED) is 0.871. The summed E-state index contributed by atoms with van der Waals surface area (Å²) in [6.45, 7) is -2.83. The Morgan fingerprint density at radius 3 is 2.22 bits per heavy atom. The first-order valence-electron chi connectivity index (χ1n) is 5.56. The molecule has 3 nitrogen and oxygen atoms in total. The Hall–Kier alpha value is -0.910. The molecule has 0 bridgehead atoms. The molecular weight excluding hydrogens is 264 g/mol. The van der Waals surface area contributed by atoms with E-state index in [1.807, 2.05) is 0 Å². The Labute approximate surface area is 110 Å². The molecule has 1 aliphatic carbocycles. The van der Waals surface area contributed by atoms with Crippen molar-refractivity contribution in [1.82, 2.24) is 0 Å². The van der Waals surface area contributed by atoms with Crippen LogP contribution in [-0.4, -0.2) is 17.8 Å². The van der Waals surface area contributed by atoms with Crippen LogP contribution in [0, 0.1) is 5.92 Å². The van der Waals surface area contributed by atoms with Crippen LogP contribution in [0.2, 0.25) is 0 Å². The average molecular weight is 280 g/mol. The molecule has 1 aromatic rings. The minimum absolute atomic E-state index is 0. The second-order valence-corrected chi connectivity index (χ2v) is 4.30. The maximum atomic E-state index is 11.9. The maximum absolute atomic E-state index is 11.9. The van der Waals surface area contributed by atoms with Gasteiger partial charge >= 0.3 is 6.61 Å². The summed E-state index contributed by atoms with van der Waals surface area (Å²) >= 11 is 0. The summed E-state index contributed by atoms with van der Waals surface area (Å²) in [5.41, 5.74) is 6.62. The van der Waals surface area contributed by atoms with Crippen LogP contribution >= 0.6 is 12.4 Å². The first-order chi connectivity index (χ1) is 8.08. The van der Waals surface area contributed by atoms with Gasteiger partial charge in [0.05, 0.1) is 12.1 Å². The van der Waals surface area contributed by atoms with Crippen molar-refractivity contribution in [3.63, 3.8) is 0 Å². The molecule has 0 spiro atoms. The van der Waals surface area contributed by atoms with Crippen molar-refractivity contribution < 1.29 is 18.6 Å². The lowest BCUT2D eigenvalue weighted by atomic mass is 9.99. The molecule has 1 saturated carbocycles. The van der Waals surface area contributed by atoms with Crippen molar-refractivity contribution in [3.8, 4) is 5.75 Å². The number of aliphatic hydroxyl groups excluding tert-OH is 1. The summed E-state index contributed by atoms with van der Waals surface area (Å²) in [5, 5.41) is 9.85. The summed E-state index contributed by atoms with van der Waals surface area (Å²) < 4.78 is 28.1. The number of halogens is 3. The number of benzene rings is 1. The molecule has 2 atom stereocenters. The third-order valence-electron chi connectivity index (χ3n) is 2.96. The van der Waals surface area contributed by atoms with Gasteiger partial charge in [-0.25, -0.2) is 0 Å². The zero-order chi connectivity index (χ0) is 12.4. The second kappa shape index (κ2) is 6.31. The van der Waals surface area contributed by atoms with E-state index in [0.717, 1.165) is 18.4 Å². The standard InChI is InChI=1S/C12H15F2NO2.ClH/c13-12(14)17-9-5-3-7(4-6-9)10(15)11(16)8-1-2-8;/h3-6,8,10-12,16H,1-2,15H2;1H/t10-,11+;/m1./s1. The van der Waals surface area contributed by atoms with Gasteiger partial charge in [0.25, 0.3) is 0 Å². The van der Waals surface area contributed by atoms with Crippen LogP contribution in [-0.2, 0) is 0 Å². The van der Waals surface area contributed by atoms with Crippen LogP contribution < -0.4 is 10.5 Å². The highest BCUT2D eigenvalue weighted by atomic mass is 35.5. The van der Waals surface area contributed by atoms with Gasteiger partial charge in [0.2, 0.25) is 0 Å². The second-order valence-electron chi connectivity index (χ2n) is 4.30. The molecule has 0 aliphatic heterocycles. The molecule has 6 heteroatoms. The number of alkyl halides is 2. The van der Waals surface area contributed by atoms with Crippen LogP contribution in [0.15, 0.2) is 24.3 Å². The zero-order valence-electron chi connectivity index (χ0n) is 9.63. The zero-order valence-corrected chi connectivity index (χ0v) is 10.4. The Bertz CT molecular complexity index is 371. The summed E-state index contributed by atoms with van der Waals surface area (Å²) in [6, 6.07) is 5.60. The van der Waals surface area contributed by atoms with Crippen molar-refractivity contribution in [1.29, 1.82) is 0 Å². The number of aliphatic hydroxyl groups is 1. The van der Waals surface area contributed by atoms with Crippen molar-refractivity contribution >= 4 is 12.4 Å². The number of rotatable bonds is 5. The molecule has 1 aliphatic rings. The van der Waals surface area contributed by atoms with Gasteiger partial charge in [0.1, 0.15) is 5.75 Å². The highest BCUT2D eigenvalue weighted by Crippen LogP contribution is 2.37. The Balaban J connectivity index is 0.00000162. The van der Waals surface area contributed by atoms with Crippen molar-refractivity contribution in [2.75, 3.05) is 0 Å². The molecule has 0 amide bonds. The lowest BCUT2D eigenvalue weighted by Gasteiger charge is -2.19. The van der Waals surface area contributed by atoms with Gasteiger partial charge in [0.15, 0.2) is 0 Å². The highest BCUT2D eigenvalue weighted by molar-refractivity contribution is 5.85. The number of ether oxygens (including phenoxy) is 1. The van der Waals surface area contributed by atoms with Gasteiger partial charge in [0, 0.05) is 0 Å². The highest BCUT2D eigenvalue weighted by Gasteiger charge is 2.34. The molecule has 0 aromatic heterocycles. The maximum Gasteiger partial charge on any atom is 0.387 e. The molecule has 102 valence electrons. The van der Waals surface area contributed by atoms with Crippen LogP contribution in [0.5, 0.6) is 5.75 Å². The van der Waals surface area contributed by atoms with Crippen LogP contribution in [0.1, 0.15) is 24.4 Å². The molecule has 0 heterocycles. The fourth-order valence-corrected chi connectivity index (χ4v) is 1.80. The summed E-state index contributed by atoms with van der Waals surface area (Å²) in [4.78, 5) is 0. The van der Waals surface area contributed by atoms with Crippen LogP contribution in [0.4, 0.5) is 8.78 Å². The van der Waals surface area contributed by atoms with Gasteiger partial charge in [-0.15, -0.1) is 12.4 Å². The van der Waals surface area contributed by atoms with E-state index in [1.165, 1.54) is 12.1 Å². The van der Waals surface area contributed by atoms with E-state index >= 15 is 0 Å². The first kappa shape index (κ1) is 15.1. The molecule has 1 aromatic carbocycles. The van der Waals surface area contributed by atoms with E-state index < -0.39 is 18.8 Å². The van der Waals surface area contributed by atoms with Gasteiger partial charge in [-0.2, -0.15) is 8.78 Å². The smallest absolute Gasteiger partial charge is 0.387 e. The molecule has 2 rings (SSSR count). The van der Waals surface area contributed by atoms with Gasteiger partial charge in [-0.3, -0.25) is 0 Å². The Morgan fingerprint density at radius 2 is 1.78 bits per heavy atom. The number of hydrogen-bond acceptors (Lipinski definition) is 3. The van der Waals surface area contributed by atoms with Crippen molar-refractivity contribution in [3.05, 3.63) is 29.8 Å². The van der Waals surface area contributed by atoms with E-state index in [9.17, 15) is 13.9 Å². The van der Waals surface area contributed by atoms with E-state index in [4.69, 9.17) is 5.73 Å². The predicted octanol–water partition coefficient (Wildman–Crippen LogP) is 2.48. The lowest BCUT2D eigenvalue weighted by Crippen LogP contribution is -2.27. The fourth-order valence-electron chi connectivity index (χ4n) is 1.80. The Morgan fingerprint density at radius 1 is 1.22 bits per heavy atom. The molecule has 0 saturated heterocycles. The molecule has 1 fully saturated rings. The van der Waals surface area contributed by atoms with E-state index in [-0.39, 0.29) is 24.1 Å².